The van der Waals surface area contributed by atoms with Gasteiger partial charge in [-0.1, -0.05) is 20.3 Å². The molecule has 2 N–H and O–H groups in total. The number of fused-ring (bicyclic) bond motifs is 2. The highest BCUT2D eigenvalue weighted by molar-refractivity contribution is 7.92. The third-order valence-electron chi connectivity index (χ3n) is 5.56. The maximum absolute atomic E-state index is 13.1. The first kappa shape index (κ1) is 18.0. The maximum atomic E-state index is 13.1. The molecule has 7 heteroatoms. The largest absolute Gasteiger partial charge is 0.325 e. The van der Waals surface area contributed by atoms with Crippen molar-refractivity contribution >= 4 is 27.3 Å². The van der Waals surface area contributed by atoms with E-state index in [-0.39, 0.29) is 16.7 Å². The normalized spacial score (nSPS) is 17.6. The van der Waals surface area contributed by atoms with Gasteiger partial charge in [0, 0.05) is 11.4 Å². The number of nitrogens with one attached hydrogen (secondary N) is 2. The summed E-state index contributed by atoms with van der Waals surface area (Å²) in [5.41, 5.74) is 2.49. The molecule has 0 aromatic heterocycles. The quantitative estimate of drug-likeness (QED) is 0.827. The van der Waals surface area contributed by atoms with Crippen molar-refractivity contribution < 1.29 is 17.6 Å². The highest BCUT2D eigenvalue weighted by Gasteiger charge is 2.51. The number of rotatable bonds is 4. The molecule has 0 atom stereocenters. The summed E-state index contributed by atoms with van der Waals surface area (Å²) in [5, 5.41) is 3.01. The van der Waals surface area contributed by atoms with Crippen LogP contribution in [0.5, 0.6) is 0 Å². The molecule has 1 aliphatic heterocycles. The van der Waals surface area contributed by atoms with Crippen molar-refractivity contribution in [2.24, 2.45) is 0 Å². The van der Waals surface area contributed by atoms with Crippen molar-refractivity contribution in [1.82, 2.24) is 0 Å². The second kappa shape index (κ2) is 6.05. The number of carbonyl (C=O) groups excluding carboxylic acids is 1. The van der Waals surface area contributed by atoms with Crippen LogP contribution in [0.2, 0.25) is 0 Å². The van der Waals surface area contributed by atoms with Crippen molar-refractivity contribution in [1.29, 1.82) is 0 Å². The van der Waals surface area contributed by atoms with Gasteiger partial charge in [0.05, 0.1) is 10.3 Å². The first-order valence-corrected chi connectivity index (χ1v) is 10.5. The molecule has 5 nitrogen and oxygen atoms in total. The molecule has 2 aromatic rings. The summed E-state index contributed by atoms with van der Waals surface area (Å²) < 4.78 is 41.1. The van der Waals surface area contributed by atoms with Crippen LogP contribution in [0.1, 0.15) is 50.2 Å². The minimum atomic E-state index is -3.85. The average Bonchev–Trinajstić information content (AvgIpc) is 2.85. The monoisotopic (exact) mass is 388 g/mol. The lowest BCUT2D eigenvalue weighted by atomic mass is 9.65. The minimum Gasteiger partial charge on any atom is -0.325 e. The number of hydrogen-bond acceptors (Lipinski definition) is 3. The van der Waals surface area contributed by atoms with E-state index in [9.17, 15) is 17.6 Å². The van der Waals surface area contributed by atoms with Gasteiger partial charge in [0.1, 0.15) is 5.82 Å². The van der Waals surface area contributed by atoms with Crippen molar-refractivity contribution in [2.45, 2.75) is 49.3 Å². The van der Waals surface area contributed by atoms with Gasteiger partial charge >= 0.3 is 0 Å². The van der Waals surface area contributed by atoms with Gasteiger partial charge in [-0.05, 0) is 66.3 Å². The fraction of sp³-hybridized carbons (Fsp3) is 0.350. The number of anilines is 2. The SMILES string of the molecule is CC(C)c1cc(NS(=O)(=O)c2ccc(F)cc2)cc2c1NC(=O)C21CCC1. The van der Waals surface area contributed by atoms with Gasteiger partial charge in [-0.3, -0.25) is 9.52 Å². The highest BCUT2D eigenvalue weighted by Crippen LogP contribution is 2.53. The lowest BCUT2D eigenvalue weighted by molar-refractivity contribution is -0.123. The molecule has 1 spiro atoms. The van der Waals surface area contributed by atoms with E-state index in [2.05, 4.69) is 10.0 Å². The molecule has 2 aliphatic rings. The van der Waals surface area contributed by atoms with Gasteiger partial charge in [-0.15, -0.1) is 0 Å². The molecule has 0 saturated heterocycles. The third-order valence-corrected chi connectivity index (χ3v) is 6.96. The fourth-order valence-electron chi connectivity index (χ4n) is 3.91. The Balaban J connectivity index is 1.77. The Morgan fingerprint density at radius 3 is 2.37 bits per heavy atom. The summed E-state index contributed by atoms with van der Waals surface area (Å²) in [5.74, 6) is -0.376. The van der Waals surface area contributed by atoms with Crippen molar-refractivity contribution in [2.75, 3.05) is 10.0 Å². The number of hydrogen-bond donors (Lipinski definition) is 2. The summed E-state index contributed by atoms with van der Waals surface area (Å²) in [6.07, 6.45) is 2.53. The predicted molar refractivity (Wildman–Crippen MR) is 102 cm³/mol. The van der Waals surface area contributed by atoms with E-state index in [0.29, 0.717) is 5.69 Å². The van der Waals surface area contributed by atoms with Crippen LogP contribution in [0.4, 0.5) is 15.8 Å². The Morgan fingerprint density at radius 2 is 1.81 bits per heavy atom. The standard InChI is InChI=1S/C20H21FN2O3S/c1-12(2)16-10-14(23-27(25,26)15-6-4-13(21)5-7-15)11-17-18(16)22-19(24)20(17)8-3-9-20/h4-7,10-12,23H,3,8-9H2,1-2H3,(H,22,24). The van der Waals surface area contributed by atoms with Crippen LogP contribution < -0.4 is 10.0 Å². The lowest BCUT2D eigenvalue weighted by Crippen LogP contribution is -2.40. The van der Waals surface area contributed by atoms with Gasteiger partial charge in [0.15, 0.2) is 0 Å². The zero-order valence-corrected chi connectivity index (χ0v) is 16.0. The van der Waals surface area contributed by atoms with E-state index in [1.807, 2.05) is 13.8 Å². The highest BCUT2D eigenvalue weighted by atomic mass is 32.2. The molecular weight excluding hydrogens is 367 g/mol. The Kier molecular flexibility index (Phi) is 4.03. The molecule has 1 aliphatic carbocycles. The molecule has 142 valence electrons. The van der Waals surface area contributed by atoms with E-state index in [0.717, 1.165) is 48.2 Å². The van der Waals surface area contributed by atoms with Gasteiger partial charge < -0.3 is 5.32 Å². The van der Waals surface area contributed by atoms with E-state index >= 15 is 0 Å². The molecule has 4 rings (SSSR count). The summed E-state index contributed by atoms with van der Waals surface area (Å²) in [6, 6.07) is 8.22. The molecule has 1 fully saturated rings. The predicted octanol–water partition coefficient (Wildman–Crippen LogP) is 4.12. The Hall–Kier alpha value is -2.41. The second-order valence-corrected chi connectivity index (χ2v) is 9.27. The molecule has 0 radical (unpaired) electrons. The van der Waals surface area contributed by atoms with Crippen LogP contribution in [-0.4, -0.2) is 14.3 Å². The number of halogens is 1. The molecule has 27 heavy (non-hydrogen) atoms. The van der Waals surface area contributed by atoms with Crippen LogP contribution in [0.15, 0.2) is 41.3 Å². The Labute approximate surface area is 158 Å². The van der Waals surface area contributed by atoms with Gasteiger partial charge in [0.25, 0.3) is 10.0 Å². The number of carbonyl (C=O) groups is 1. The van der Waals surface area contributed by atoms with Crippen molar-refractivity contribution in [3.05, 3.63) is 53.3 Å². The van der Waals surface area contributed by atoms with Crippen molar-refractivity contribution in [3.8, 4) is 0 Å². The lowest BCUT2D eigenvalue weighted by Gasteiger charge is -2.36. The topological polar surface area (TPSA) is 75.3 Å². The molecular formula is C20H21FN2O3S. The number of benzene rings is 2. The van der Waals surface area contributed by atoms with Gasteiger partial charge in [0.2, 0.25) is 5.91 Å². The molecule has 1 amide bonds. The summed E-state index contributed by atoms with van der Waals surface area (Å²) >= 11 is 0. The number of sulfonamides is 1. The average molecular weight is 388 g/mol. The molecule has 2 aromatic carbocycles. The minimum absolute atomic E-state index is 0.00388. The van der Waals surface area contributed by atoms with E-state index in [4.69, 9.17) is 0 Å². The first-order chi connectivity index (χ1) is 12.7. The molecule has 1 heterocycles. The van der Waals surface area contributed by atoms with Crippen LogP contribution in [-0.2, 0) is 20.2 Å². The smallest absolute Gasteiger partial charge is 0.261 e. The van der Waals surface area contributed by atoms with E-state index < -0.39 is 21.3 Å². The zero-order chi connectivity index (χ0) is 19.4. The van der Waals surface area contributed by atoms with E-state index in [1.54, 1.807) is 12.1 Å². The summed E-state index contributed by atoms with van der Waals surface area (Å²) in [6.45, 7) is 4.01. The maximum Gasteiger partial charge on any atom is 0.261 e. The van der Waals surface area contributed by atoms with Crippen LogP contribution in [0.3, 0.4) is 0 Å². The number of amides is 1. The van der Waals surface area contributed by atoms with Gasteiger partial charge in [-0.2, -0.15) is 0 Å². The van der Waals surface area contributed by atoms with Gasteiger partial charge in [-0.25, -0.2) is 12.8 Å². The van der Waals surface area contributed by atoms with Crippen LogP contribution >= 0.6 is 0 Å². The summed E-state index contributed by atoms with van der Waals surface area (Å²) in [4.78, 5) is 12.6. The Bertz CT molecular complexity index is 1030. The van der Waals surface area contributed by atoms with Crippen LogP contribution in [0, 0.1) is 5.82 Å². The molecule has 0 unspecified atom stereocenters. The van der Waals surface area contributed by atoms with Crippen LogP contribution in [0.25, 0.3) is 0 Å². The first-order valence-electron chi connectivity index (χ1n) is 9.01. The second-order valence-electron chi connectivity index (χ2n) is 7.59. The molecule has 1 saturated carbocycles. The van der Waals surface area contributed by atoms with E-state index in [1.165, 1.54) is 12.1 Å². The third kappa shape index (κ3) is 2.81. The fourth-order valence-corrected chi connectivity index (χ4v) is 4.95. The Morgan fingerprint density at radius 1 is 1.15 bits per heavy atom. The zero-order valence-electron chi connectivity index (χ0n) is 15.2. The molecule has 0 bridgehead atoms. The summed E-state index contributed by atoms with van der Waals surface area (Å²) in [7, 11) is -3.85. The van der Waals surface area contributed by atoms with Crippen molar-refractivity contribution in [3.63, 3.8) is 0 Å².